The van der Waals surface area contributed by atoms with Crippen LogP contribution >= 0.6 is 11.8 Å². The van der Waals surface area contributed by atoms with Crippen molar-refractivity contribution in [2.75, 3.05) is 26.4 Å². The molecule has 1 heterocycles. The SMILES string of the molecule is CN(C)CCSc1nnc(-c2ccc([N+](=O)[O-])cc2)n1C. The van der Waals surface area contributed by atoms with Crippen LogP contribution in [0.25, 0.3) is 11.4 Å². The Bertz CT molecular complexity index is 624. The molecule has 0 aliphatic heterocycles. The van der Waals surface area contributed by atoms with Gasteiger partial charge in [0.1, 0.15) is 0 Å². The van der Waals surface area contributed by atoms with Crippen molar-refractivity contribution in [3.63, 3.8) is 0 Å². The molecule has 2 rings (SSSR count). The van der Waals surface area contributed by atoms with Gasteiger partial charge >= 0.3 is 0 Å². The lowest BCUT2D eigenvalue weighted by atomic mass is 10.2. The van der Waals surface area contributed by atoms with Crippen molar-refractivity contribution >= 4 is 17.4 Å². The zero-order valence-electron chi connectivity index (χ0n) is 12.2. The zero-order chi connectivity index (χ0) is 15.4. The summed E-state index contributed by atoms with van der Waals surface area (Å²) in [6.07, 6.45) is 0. The van der Waals surface area contributed by atoms with Crippen LogP contribution in [0.2, 0.25) is 0 Å². The maximum atomic E-state index is 10.7. The number of benzene rings is 1. The van der Waals surface area contributed by atoms with E-state index in [0.717, 1.165) is 23.0 Å². The van der Waals surface area contributed by atoms with E-state index in [9.17, 15) is 10.1 Å². The molecular formula is C13H17N5O2S. The van der Waals surface area contributed by atoms with E-state index in [4.69, 9.17) is 0 Å². The van der Waals surface area contributed by atoms with E-state index in [1.165, 1.54) is 12.1 Å². The summed E-state index contributed by atoms with van der Waals surface area (Å²) in [6, 6.07) is 6.33. The summed E-state index contributed by atoms with van der Waals surface area (Å²) in [6.45, 7) is 0.963. The number of nitro groups is 1. The van der Waals surface area contributed by atoms with Gasteiger partial charge in [0.25, 0.3) is 5.69 Å². The van der Waals surface area contributed by atoms with Crippen LogP contribution < -0.4 is 0 Å². The Kier molecular flexibility index (Phi) is 4.92. The van der Waals surface area contributed by atoms with Crippen LogP contribution in [0.3, 0.4) is 0 Å². The Morgan fingerprint density at radius 1 is 1.29 bits per heavy atom. The summed E-state index contributed by atoms with van der Waals surface area (Å²) < 4.78 is 1.90. The second-order valence-corrected chi connectivity index (χ2v) is 5.88. The summed E-state index contributed by atoms with van der Waals surface area (Å²) in [7, 11) is 5.95. The van der Waals surface area contributed by atoms with E-state index in [-0.39, 0.29) is 5.69 Å². The molecule has 0 amide bonds. The summed E-state index contributed by atoms with van der Waals surface area (Å²) in [5.41, 5.74) is 0.886. The Morgan fingerprint density at radius 2 is 1.95 bits per heavy atom. The number of hydrogen-bond acceptors (Lipinski definition) is 6. The fourth-order valence-electron chi connectivity index (χ4n) is 1.74. The van der Waals surface area contributed by atoms with Crippen molar-refractivity contribution in [2.24, 2.45) is 7.05 Å². The molecule has 21 heavy (non-hydrogen) atoms. The van der Waals surface area contributed by atoms with Gasteiger partial charge in [-0.25, -0.2) is 0 Å². The highest BCUT2D eigenvalue weighted by Gasteiger charge is 2.12. The highest BCUT2D eigenvalue weighted by molar-refractivity contribution is 7.99. The molecule has 0 spiro atoms. The maximum absolute atomic E-state index is 10.7. The number of nitrogens with zero attached hydrogens (tertiary/aromatic N) is 5. The Balaban J connectivity index is 2.13. The number of non-ortho nitro benzene ring substituents is 1. The maximum Gasteiger partial charge on any atom is 0.269 e. The number of hydrogen-bond donors (Lipinski definition) is 0. The first kappa shape index (κ1) is 15.5. The quantitative estimate of drug-likeness (QED) is 0.462. The van der Waals surface area contributed by atoms with Gasteiger partial charge in [-0.2, -0.15) is 0 Å². The average molecular weight is 307 g/mol. The van der Waals surface area contributed by atoms with Crippen LogP contribution in [0.4, 0.5) is 5.69 Å². The minimum atomic E-state index is -0.414. The normalized spacial score (nSPS) is 11.0. The lowest BCUT2D eigenvalue weighted by Gasteiger charge is -2.08. The van der Waals surface area contributed by atoms with Crippen LogP contribution in [0.15, 0.2) is 29.4 Å². The van der Waals surface area contributed by atoms with Crippen molar-refractivity contribution in [3.05, 3.63) is 34.4 Å². The molecule has 0 fully saturated rings. The molecule has 7 nitrogen and oxygen atoms in total. The molecule has 0 radical (unpaired) electrons. The fraction of sp³-hybridized carbons (Fsp3) is 0.385. The molecule has 0 saturated carbocycles. The Morgan fingerprint density at radius 3 is 2.52 bits per heavy atom. The molecule has 2 aromatic rings. The van der Waals surface area contributed by atoms with E-state index in [1.807, 2.05) is 25.7 Å². The first-order valence-corrected chi connectivity index (χ1v) is 7.39. The number of thioether (sulfide) groups is 1. The van der Waals surface area contributed by atoms with Crippen molar-refractivity contribution in [1.82, 2.24) is 19.7 Å². The number of nitro benzene ring substituents is 1. The minimum absolute atomic E-state index is 0.0708. The van der Waals surface area contributed by atoms with Crippen molar-refractivity contribution in [2.45, 2.75) is 5.16 Å². The van der Waals surface area contributed by atoms with Gasteiger partial charge in [0, 0.05) is 37.0 Å². The Hall–Kier alpha value is -1.93. The van der Waals surface area contributed by atoms with Crippen LogP contribution in [-0.4, -0.2) is 51.0 Å². The molecule has 112 valence electrons. The topological polar surface area (TPSA) is 77.1 Å². The summed E-state index contributed by atoms with van der Waals surface area (Å²) >= 11 is 1.64. The summed E-state index contributed by atoms with van der Waals surface area (Å²) in [4.78, 5) is 12.4. The van der Waals surface area contributed by atoms with Crippen LogP contribution in [0.5, 0.6) is 0 Å². The van der Waals surface area contributed by atoms with Gasteiger partial charge < -0.3 is 9.47 Å². The molecule has 1 aromatic carbocycles. The molecule has 0 bridgehead atoms. The Labute approximate surface area is 127 Å². The first-order valence-electron chi connectivity index (χ1n) is 6.41. The molecule has 0 unspecified atom stereocenters. The average Bonchev–Trinajstić information content (AvgIpc) is 2.80. The first-order chi connectivity index (χ1) is 9.99. The van der Waals surface area contributed by atoms with Crippen LogP contribution in [0.1, 0.15) is 0 Å². The van der Waals surface area contributed by atoms with E-state index in [0.29, 0.717) is 5.82 Å². The van der Waals surface area contributed by atoms with Gasteiger partial charge in [-0.1, -0.05) is 11.8 Å². The third-order valence-corrected chi connectivity index (χ3v) is 3.94. The second kappa shape index (κ2) is 6.68. The largest absolute Gasteiger partial charge is 0.309 e. The molecular weight excluding hydrogens is 290 g/mol. The third-order valence-electron chi connectivity index (χ3n) is 2.94. The second-order valence-electron chi connectivity index (χ2n) is 4.82. The highest BCUT2D eigenvalue weighted by atomic mass is 32.2. The predicted octanol–water partition coefficient (Wildman–Crippen LogP) is 2.04. The molecule has 0 N–H and O–H groups in total. The van der Waals surface area contributed by atoms with E-state index < -0.39 is 4.92 Å². The molecule has 0 saturated heterocycles. The number of aromatic nitrogens is 3. The standard InChI is InChI=1S/C13H17N5O2S/c1-16(2)8-9-21-13-15-14-12(17(13)3)10-4-6-11(7-5-10)18(19)20/h4-7H,8-9H2,1-3H3. The third kappa shape index (κ3) is 3.79. The zero-order valence-corrected chi connectivity index (χ0v) is 13.0. The predicted molar refractivity (Wildman–Crippen MR) is 82.4 cm³/mol. The van der Waals surface area contributed by atoms with Gasteiger partial charge in [0.2, 0.25) is 0 Å². The molecule has 1 aromatic heterocycles. The van der Waals surface area contributed by atoms with Gasteiger partial charge in [-0.05, 0) is 26.2 Å². The van der Waals surface area contributed by atoms with E-state index in [1.54, 1.807) is 23.9 Å². The lowest BCUT2D eigenvalue weighted by molar-refractivity contribution is -0.384. The molecule has 0 aliphatic rings. The smallest absolute Gasteiger partial charge is 0.269 e. The minimum Gasteiger partial charge on any atom is -0.309 e. The molecule has 0 aliphatic carbocycles. The van der Waals surface area contributed by atoms with Gasteiger partial charge in [0.15, 0.2) is 11.0 Å². The van der Waals surface area contributed by atoms with Crippen molar-refractivity contribution in [1.29, 1.82) is 0 Å². The van der Waals surface area contributed by atoms with Crippen molar-refractivity contribution in [3.8, 4) is 11.4 Å². The monoisotopic (exact) mass is 307 g/mol. The summed E-state index contributed by atoms with van der Waals surface area (Å²) in [5, 5.41) is 19.8. The van der Waals surface area contributed by atoms with Gasteiger partial charge in [-0.15, -0.1) is 10.2 Å². The van der Waals surface area contributed by atoms with Gasteiger partial charge in [0.05, 0.1) is 4.92 Å². The fourth-order valence-corrected chi connectivity index (χ4v) is 2.76. The number of rotatable bonds is 6. The van der Waals surface area contributed by atoms with E-state index >= 15 is 0 Å². The molecule has 8 heteroatoms. The summed E-state index contributed by atoms with van der Waals surface area (Å²) in [5.74, 6) is 1.64. The molecule has 0 atom stereocenters. The van der Waals surface area contributed by atoms with E-state index in [2.05, 4.69) is 15.1 Å². The lowest BCUT2D eigenvalue weighted by Crippen LogP contribution is -2.15. The highest BCUT2D eigenvalue weighted by Crippen LogP contribution is 2.24. The van der Waals surface area contributed by atoms with Crippen LogP contribution in [0, 0.1) is 10.1 Å². The van der Waals surface area contributed by atoms with Crippen molar-refractivity contribution < 1.29 is 4.92 Å². The van der Waals surface area contributed by atoms with Gasteiger partial charge in [-0.3, -0.25) is 10.1 Å². The van der Waals surface area contributed by atoms with Crippen LogP contribution in [-0.2, 0) is 7.05 Å².